The van der Waals surface area contributed by atoms with E-state index < -0.39 is 0 Å². The van der Waals surface area contributed by atoms with Gasteiger partial charge in [0.05, 0.1) is 6.33 Å². The monoisotopic (exact) mass is 236 g/mol. The molecule has 0 saturated carbocycles. The Bertz CT molecular complexity index is 429. The van der Waals surface area contributed by atoms with E-state index in [1.54, 1.807) is 0 Å². The molecule has 0 saturated heterocycles. The minimum absolute atomic E-state index is 0.433. The highest BCUT2D eigenvalue weighted by molar-refractivity contribution is 5.80. The molecule has 0 bridgehead atoms. The fraction of sp³-hybridized carbons (Fsp3) is 0.545. The van der Waals surface area contributed by atoms with Crippen molar-refractivity contribution < 1.29 is 0 Å². The lowest BCUT2D eigenvalue weighted by atomic mass is 10.5. The van der Waals surface area contributed by atoms with Gasteiger partial charge in [-0.25, -0.2) is 15.0 Å². The summed E-state index contributed by atoms with van der Waals surface area (Å²) in [5, 5.41) is 0. The third kappa shape index (κ3) is 3.67. The maximum Gasteiger partial charge on any atom is 0.182 e. The first-order chi connectivity index (χ1) is 8.22. The zero-order valence-electron chi connectivity index (χ0n) is 10.6. The van der Waals surface area contributed by atoms with Gasteiger partial charge in [-0.05, 0) is 19.6 Å². The molecule has 0 aliphatic carbocycles. The number of nitrogen functional groups attached to an aromatic ring is 1. The fourth-order valence-electron chi connectivity index (χ4n) is 1.45. The molecule has 0 fully saturated rings. The summed E-state index contributed by atoms with van der Waals surface area (Å²) in [7, 11) is 0. The summed E-state index contributed by atoms with van der Waals surface area (Å²) >= 11 is 0. The van der Waals surface area contributed by atoms with Crippen molar-refractivity contribution in [1.82, 2.24) is 24.8 Å². The lowest BCUT2D eigenvalue weighted by molar-refractivity contribution is 0.321. The van der Waals surface area contributed by atoms with Gasteiger partial charge >= 0.3 is 0 Å². The van der Waals surface area contributed by atoms with Gasteiger partial charge in [-0.3, -0.25) is 0 Å². The molecule has 0 radical (unpaired) electrons. The Morgan fingerprint density at radius 3 is 2.24 bits per heavy atom. The molecule has 0 aliphatic heterocycles. The summed E-state index contributed by atoms with van der Waals surface area (Å²) in [6.07, 6.45) is 2.92. The summed E-state index contributed by atoms with van der Waals surface area (Å²) in [4.78, 5) is 16.7. The highest BCUT2D eigenvalue weighted by atomic mass is 15.1. The molecule has 17 heavy (non-hydrogen) atoms. The van der Waals surface area contributed by atoms with Crippen LogP contribution in [0.4, 0.5) is 5.82 Å². The van der Waals surface area contributed by atoms with Crippen LogP contribution in [0.2, 0.25) is 0 Å². The zero-order valence-corrected chi connectivity index (χ0v) is 10.6. The van der Waals surface area contributed by atoms with E-state index in [-0.39, 0.29) is 0 Å². The number of anilines is 1. The van der Waals surface area contributed by atoms with E-state index in [1.807, 2.05) is 0 Å². The molecule has 3 N–H and O–H groups in total. The number of aromatic nitrogens is 4. The number of aromatic amines is 1. The van der Waals surface area contributed by atoms with Crippen LogP contribution < -0.4 is 5.73 Å². The number of rotatable bonds is 3. The summed E-state index contributed by atoms with van der Waals surface area (Å²) in [6.45, 7) is 10.1. The summed E-state index contributed by atoms with van der Waals surface area (Å²) in [6, 6.07) is 0. The van der Waals surface area contributed by atoms with Crippen LogP contribution in [-0.4, -0.2) is 44.5 Å². The third-order valence-electron chi connectivity index (χ3n) is 2.59. The predicted octanol–water partition coefficient (Wildman–Crippen LogP) is 1.28. The van der Waals surface area contributed by atoms with Gasteiger partial charge in [0, 0.05) is 0 Å². The molecule has 6 nitrogen and oxygen atoms in total. The number of imidazole rings is 1. The standard InChI is InChI=1S/C6H15N.C5H5N5/c1-4-7(5-2)6-3;6-4-3-5(9-1-7-3)10-2-8-4/h4-6H2,1-3H3;1-2H,(H3,6,7,8,9,10). The number of H-pyrrole nitrogens is 1. The van der Waals surface area contributed by atoms with Crippen LogP contribution in [0, 0.1) is 0 Å². The van der Waals surface area contributed by atoms with Gasteiger partial charge in [0.15, 0.2) is 11.5 Å². The molecule has 0 aromatic carbocycles. The molecule has 2 aromatic heterocycles. The van der Waals surface area contributed by atoms with Crippen molar-refractivity contribution >= 4 is 17.0 Å². The van der Waals surface area contributed by atoms with E-state index in [4.69, 9.17) is 5.73 Å². The van der Waals surface area contributed by atoms with E-state index >= 15 is 0 Å². The van der Waals surface area contributed by atoms with Crippen LogP contribution in [0.25, 0.3) is 11.2 Å². The zero-order chi connectivity index (χ0) is 12.7. The highest BCUT2D eigenvalue weighted by Gasteiger charge is 1.99. The maximum atomic E-state index is 5.48. The third-order valence-corrected chi connectivity index (χ3v) is 2.59. The minimum Gasteiger partial charge on any atom is -0.382 e. The number of nitrogens with zero attached hydrogens (tertiary/aromatic N) is 4. The van der Waals surface area contributed by atoms with Crippen LogP contribution in [0.3, 0.4) is 0 Å². The number of nitrogens with two attached hydrogens (primary N) is 1. The topological polar surface area (TPSA) is 83.7 Å². The van der Waals surface area contributed by atoms with Crippen LogP contribution in [-0.2, 0) is 0 Å². The normalized spacial score (nSPS) is 10.4. The Labute approximate surface area is 101 Å². The van der Waals surface area contributed by atoms with Crippen molar-refractivity contribution in [3.05, 3.63) is 12.7 Å². The first kappa shape index (κ1) is 13.4. The number of fused-ring (bicyclic) bond motifs is 1. The Kier molecular flexibility index (Phi) is 5.35. The molecule has 2 heterocycles. The average molecular weight is 236 g/mol. The first-order valence-corrected chi connectivity index (χ1v) is 5.84. The lowest BCUT2D eigenvalue weighted by Crippen LogP contribution is -2.21. The summed E-state index contributed by atoms with van der Waals surface area (Å²) in [5.74, 6) is 0.433. The van der Waals surface area contributed by atoms with Gasteiger partial charge in [-0.15, -0.1) is 0 Å². The molecule has 0 aliphatic rings. The molecule has 2 rings (SSSR count). The predicted molar refractivity (Wildman–Crippen MR) is 69.6 cm³/mol. The second-order valence-corrected chi connectivity index (χ2v) is 3.48. The fourth-order valence-corrected chi connectivity index (χ4v) is 1.45. The van der Waals surface area contributed by atoms with Crippen LogP contribution >= 0.6 is 0 Å². The van der Waals surface area contributed by atoms with Crippen LogP contribution in [0.5, 0.6) is 0 Å². The summed E-state index contributed by atoms with van der Waals surface area (Å²) in [5.41, 5.74) is 6.78. The van der Waals surface area contributed by atoms with Gasteiger partial charge in [0.2, 0.25) is 0 Å². The van der Waals surface area contributed by atoms with Crippen molar-refractivity contribution in [2.75, 3.05) is 25.4 Å². The van der Waals surface area contributed by atoms with Crippen molar-refractivity contribution in [1.29, 1.82) is 0 Å². The Morgan fingerprint density at radius 2 is 1.76 bits per heavy atom. The van der Waals surface area contributed by atoms with Gasteiger partial charge in [-0.1, -0.05) is 20.8 Å². The van der Waals surface area contributed by atoms with E-state index in [1.165, 1.54) is 32.3 Å². The largest absolute Gasteiger partial charge is 0.382 e. The minimum atomic E-state index is 0.433. The smallest absolute Gasteiger partial charge is 0.182 e. The van der Waals surface area contributed by atoms with Crippen molar-refractivity contribution in [3.63, 3.8) is 0 Å². The average Bonchev–Trinajstić information content (AvgIpc) is 2.82. The van der Waals surface area contributed by atoms with Crippen molar-refractivity contribution in [2.45, 2.75) is 20.8 Å². The Balaban J connectivity index is 0.000000185. The molecule has 0 unspecified atom stereocenters. The van der Waals surface area contributed by atoms with Crippen LogP contribution in [0.1, 0.15) is 20.8 Å². The first-order valence-electron chi connectivity index (χ1n) is 5.84. The highest BCUT2D eigenvalue weighted by Crippen LogP contribution is 2.09. The van der Waals surface area contributed by atoms with E-state index in [0.717, 1.165) is 0 Å². The molecule has 94 valence electrons. The molecular weight excluding hydrogens is 216 g/mol. The molecule has 0 amide bonds. The van der Waals surface area contributed by atoms with Crippen LogP contribution in [0.15, 0.2) is 12.7 Å². The number of hydrogen-bond acceptors (Lipinski definition) is 5. The van der Waals surface area contributed by atoms with Crippen molar-refractivity contribution in [3.8, 4) is 0 Å². The van der Waals surface area contributed by atoms with E-state index in [9.17, 15) is 0 Å². The quantitative estimate of drug-likeness (QED) is 0.838. The van der Waals surface area contributed by atoms with E-state index in [2.05, 4.69) is 45.6 Å². The Morgan fingerprint density at radius 1 is 1.12 bits per heavy atom. The second kappa shape index (κ2) is 6.80. The molecule has 0 spiro atoms. The molecule has 0 atom stereocenters. The Hall–Kier alpha value is -1.69. The lowest BCUT2D eigenvalue weighted by Gasteiger charge is -2.13. The summed E-state index contributed by atoms with van der Waals surface area (Å²) < 4.78 is 0. The number of nitrogens with one attached hydrogen (secondary N) is 1. The van der Waals surface area contributed by atoms with Gasteiger partial charge < -0.3 is 15.6 Å². The van der Waals surface area contributed by atoms with Gasteiger partial charge in [-0.2, -0.15) is 0 Å². The molecular formula is C11H20N6. The SMILES string of the molecule is CCN(CC)CC.Nc1ncnc2nc[nH]c12. The molecule has 6 heteroatoms. The second-order valence-electron chi connectivity index (χ2n) is 3.48. The number of hydrogen-bond donors (Lipinski definition) is 2. The van der Waals surface area contributed by atoms with Gasteiger partial charge in [0.25, 0.3) is 0 Å². The van der Waals surface area contributed by atoms with Gasteiger partial charge in [0.1, 0.15) is 11.8 Å². The maximum absolute atomic E-state index is 5.48. The van der Waals surface area contributed by atoms with Crippen molar-refractivity contribution in [2.24, 2.45) is 0 Å². The van der Waals surface area contributed by atoms with E-state index in [0.29, 0.717) is 17.0 Å². The molecule has 2 aromatic rings.